The molecule has 0 saturated carbocycles. The summed E-state index contributed by atoms with van der Waals surface area (Å²) < 4.78 is 18.3. The van der Waals surface area contributed by atoms with E-state index in [0.29, 0.717) is 25.4 Å². The van der Waals surface area contributed by atoms with Crippen LogP contribution in [0.1, 0.15) is 27.7 Å². The number of fused-ring (bicyclic) bond motifs is 2. The van der Waals surface area contributed by atoms with Gasteiger partial charge in [0.2, 0.25) is 0 Å². The van der Waals surface area contributed by atoms with Crippen LogP contribution >= 0.6 is 0 Å². The number of aromatic nitrogens is 4. The molecule has 1 aliphatic heterocycles. The van der Waals surface area contributed by atoms with Crippen LogP contribution in [0, 0.1) is 0 Å². The van der Waals surface area contributed by atoms with Gasteiger partial charge in [0.1, 0.15) is 17.2 Å². The molecule has 1 unspecified atom stereocenters. The summed E-state index contributed by atoms with van der Waals surface area (Å²) in [5, 5.41) is 5.49. The summed E-state index contributed by atoms with van der Waals surface area (Å²) in [6, 6.07) is 11.9. The van der Waals surface area contributed by atoms with E-state index in [4.69, 9.17) is 24.2 Å². The summed E-state index contributed by atoms with van der Waals surface area (Å²) in [4.78, 5) is 26.4. The van der Waals surface area contributed by atoms with Crippen LogP contribution in [0.2, 0.25) is 0 Å². The van der Waals surface area contributed by atoms with E-state index in [9.17, 15) is 4.79 Å². The van der Waals surface area contributed by atoms with Gasteiger partial charge in [-0.15, -0.1) is 0 Å². The van der Waals surface area contributed by atoms with Gasteiger partial charge in [-0.05, 0) is 58.0 Å². The molecular weight excluding hydrogens is 484 g/mol. The molecule has 0 bridgehead atoms. The molecule has 5 rings (SSSR count). The van der Waals surface area contributed by atoms with E-state index in [-0.39, 0.29) is 18.9 Å². The van der Waals surface area contributed by atoms with Gasteiger partial charge in [0.15, 0.2) is 6.79 Å². The molecule has 38 heavy (non-hydrogen) atoms. The number of anilines is 1. The van der Waals surface area contributed by atoms with E-state index in [2.05, 4.69) is 10.00 Å². The average molecular weight is 519 g/mol. The molecule has 4 aromatic rings. The lowest BCUT2D eigenvalue weighted by Crippen LogP contribution is -2.55. The van der Waals surface area contributed by atoms with Crippen LogP contribution in [0.15, 0.2) is 42.6 Å². The average Bonchev–Trinajstić information content (AvgIpc) is 3.23. The molecule has 1 aliphatic rings. The highest BCUT2D eigenvalue weighted by Gasteiger charge is 2.31. The maximum Gasteiger partial charge on any atom is 0.410 e. The quantitative estimate of drug-likeness (QED) is 0.354. The van der Waals surface area contributed by atoms with Crippen LogP contribution in [0.3, 0.4) is 0 Å². The maximum atomic E-state index is 12.6. The Hall–Kier alpha value is -3.92. The van der Waals surface area contributed by atoms with Gasteiger partial charge < -0.3 is 24.0 Å². The van der Waals surface area contributed by atoms with Gasteiger partial charge in [0.25, 0.3) is 0 Å². The lowest BCUT2D eigenvalue weighted by Gasteiger charge is -2.40. The number of nitrogens with zero attached hydrogens (tertiary/aromatic N) is 6. The summed E-state index contributed by atoms with van der Waals surface area (Å²) in [7, 11) is 3.49. The number of pyridine rings is 2. The zero-order valence-corrected chi connectivity index (χ0v) is 22.8. The molecule has 1 fully saturated rings. The Bertz CT molecular complexity index is 1480. The molecule has 1 amide bonds. The third-order valence-corrected chi connectivity index (χ3v) is 6.44. The fourth-order valence-corrected chi connectivity index (χ4v) is 4.70. The summed E-state index contributed by atoms with van der Waals surface area (Å²) in [6.45, 7) is 9.75. The molecule has 1 aromatic carbocycles. The summed E-state index contributed by atoms with van der Waals surface area (Å²) in [5.41, 5.74) is 3.56. The SMILES string of the molecule is COCOc1cc2nn(C)cc2cc1-c1ccc2nc(N3CCN(C(=O)OC(C)(C)C)C(C)C3)ccc2n1. The number of carbonyl (C=O) groups is 1. The lowest BCUT2D eigenvalue weighted by atomic mass is 10.1. The minimum absolute atomic E-state index is 0.00418. The maximum absolute atomic E-state index is 12.6. The molecule has 3 aromatic heterocycles. The Morgan fingerprint density at radius 3 is 2.55 bits per heavy atom. The van der Waals surface area contributed by atoms with E-state index in [0.717, 1.165) is 39.0 Å². The van der Waals surface area contributed by atoms with Crippen molar-refractivity contribution in [1.29, 1.82) is 0 Å². The lowest BCUT2D eigenvalue weighted by molar-refractivity contribution is 0.0158. The molecule has 1 atom stereocenters. The first-order chi connectivity index (χ1) is 18.1. The van der Waals surface area contributed by atoms with Gasteiger partial charge in [-0.1, -0.05) is 0 Å². The number of piperazine rings is 1. The monoisotopic (exact) mass is 518 g/mol. The predicted octanol–water partition coefficient (Wildman–Crippen LogP) is 4.61. The van der Waals surface area contributed by atoms with E-state index >= 15 is 0 Å². The van der Waals surface area contributed by atoms with Crippen LogP contribution in [-0.4, -0.2) is 75.9 Å². The van der Waals surface area contributed by atoms with Gasteiger partial charge in [-0.3, -0.25) is 4.68 Å². The summed E-state index contributed by atoms with van der Waals surface area (Å²) in [6.07, 6.45) is 1.70. The first kappa shape index (κ1) is 25.7. The summed E-state index contributed by atoms with van der Waals surface area (Å²) >= 11 is 0. The Morgan fingerprint density at radius 2 is 1.82 bits per heavy atom. The minimum atomic E-state index is -0.514. The standard InChI is InChI=1S/C28H34N6O4/c1-18-15-33(11-12-34(18)27(35)38-28(2,3)4)26-10-9-22-23(30-26)8-7-21(29-22)20-13-19-16-32(5)31-24(19)14-25(20)37-17-36-6/h7-10,13-14,16,18H,11-12,15,17H2,1-6H3. The number of rotatable bonds is 5. The fraction of sp³-hybridized carbons (Fsp3) is 0.429. The van der Waals surface area contributed by atoms with Crippen molar-refractivity contribution in [3.8, 4) is 17.0 Å². The van der Waals surface area contributed by atoms with Crippen molar-refractivity contribution in [2.24, 2.45) is 7.05 Å². The predicted molar refractivity (Wildman–Crippen MR) is 146 cm³/mol. The Balaban J connectivity index is 1.39. The van der Waals surface area contributed by atoms with Crippen molar-refractivity contribution in [3.05, 3.63) is 42.6 Å². The molecule has 4 heterocycles. The van der Waals surface area contributed by atoms with Crippen molar-refractivity contribution in [2.45, 2.75) is 39.3 Å². The molecule has 1 saturated heterocycles. The number of hydrogen-bond donors (Lipinski definition) is 0. The number of benzene rings is 1. The molecule has 10 heteroatoms. The van der Waals surface area contributed by atoms with Crippen molar-refractivity contribution < 1.29 is 19.0 Å². The third-order valence-electron chi connectivity index (χ3n) is 6.44. The van der Waals surface area contributed by atoms with Crippen molar-refractivity contribution in [2.75, 3.05) is 38.4 Å². The normalized spacial score (nSPS) is 16.3. The zero-order valence-electron chi connectivity index (χ0n) is 22.8. The van der Waals surface area contributed by atoms with Gasteiger partial charge in [-0.25, -0.2) is 14.8 Å². The molecule has 0 radical (unpaired) electrons. The van der Waals surface area contributed by atoms with Crippen molar-refractivity contribution >= 4 is 33.8 Å². The number of methoxy groups -OCH3 is 1. The largest absolute Gasteiger partial charge is 0.467 e. The van der Waals surface area contributed by atoms with Crippen LogP contribution < -0.4 is 9.64 Å². The number of aryl methyl sites for hydroxylation is 1. The first-order valence-electron chi connectivity index (χ1n) is 12.7. The topological polar surface area (TPSA) is 94.8 Å². The Labute approximate surface area is 222 Å². The molecule has 10 nitrogen and oxygen atoms in total. The van der Waals surface area contributed by atoms with E-state index in [1.807, 2.05) is 77.3 Å². The van der Waals surface area contributed by atoms with Gasteiger partial charge in [0.05, 0.1) is 22.2 Å². The molecule has 0 aliphatic carbocycles. The van der Waals surface area contributed by atoms with E-state index in [1.165, 1.54) is 0 Å². The zero-order chi connectivity index (χ0) is 27.0. The number of amides is 1. The fourth-order valence-electron chi connectivity index (χ4n) is 4.70. The molecule has 0 N–H and O–H groups in total. The molecule has 200 valence electrons. The Kier molecular flexibility index (Phi) is 6.83. The van der Waals surface area contributed by atoms with Crippen molar-refractivity contribution in [1.82, 2.24) is 24.6 Å². The highest BCUT2D eigenvalue weighted by molar-refractivity contribution is 5.89. The second-order valence-corrected chi connectivity index (χ2v) is 10.6. The highest BCUT2D eigenvalue weighted by atomic mass is 16.7. The number of carbonyl (C=O) groups excluding carboxylic acids is 1. The van der Waals surface area contributed by atoms with Crippen molar-refractivity contribution in [3.63, 3.8) is 0 Å². The van der Waals surface area contributed by atoms with E-state index < -0.39 is 5.60 Å². The smallest absolute Gasteiger partial charge is 0.410 e. The van der Waals surface area contributed by atoms with Crippen LogP contribution in [0.4, 0.5) is 10.6 Å². The summed E-state index contributed by atoms with van der Waals surface area (Å²) in [5.74, 6) is 1.52. The van der Waals surface area contributed by atoms with Gasteiger partial charge in [0, 0.05) is 63.0 Å². The molecule has 0 spiro atoms. The first-order valence-corrected chi connectivity index (χ1v) is 12.7. The van der Waals surface area contributed by atoms with Gasteiger partial charge >= 0.3 is 6.09 Å². The second-order valence-electron chi connectivity index (χ2n) is 10.6. The third kappa shape index (κ3) is 5.35. The van der Waals surface area contributed by atoms with Crippen LogP contribution in [0.5, 0.6) is 5.75 Å². The number of ether oxygens (including phenoxy) is 3. The van der Waals surface area contributed by atoms with Gasteiger partial charge in [-0.2, -0.15) is 5.10 Å². The number of hydrogen-bond acceptors (Lipinski definition) is 8. The minimum Gasteiger partial charge on any atom is -0.467 e. The van der Waals surface area contributed by atoms with Crippen LogP contribution in [0.25, 0.3) is 33.2 Å². The second kappa shape index (κ2) is 10.1. The van der Waals surface area contributed by atoms with Crippen LogP contribution in [-0.2, 0) is 16.5 Å². The Morgan fingerprint density at radius 1 is 1.05 bits per heavy atom. The molecular formula is C28H34N6O4. The van der Waals surface area contributed by atoms with E-state index in [1.54, 1.807) is 16.7 Å². The highest BCUT2D eigenvalue weighted by Crippen LogP contribution is 2.34.